The predicted octanol–water partition coefficient (Wildman–Crippen LogP) is 4.18. The maximum absolute atomic E-state index is 10.4. The van der Waals surface area contributed by atoms with Gasteiger partial charge in [0, 0.05) is 0 Å². The second kappa shape index (κ2) is 8.44. The fourth-order valence-corrected chi connectivity index (χ4v) is 3.22. The van der Waals surface area contributed by atoms with E-state index in [1.54, 1.807) is 24.7 Å². The van der Waals surface area contributed by atoms with Gasteiger partial charge in [-0.25, -0.2) is 0 Å². The van der Waals surface area contributed by atoms with Crippen molar-refractivity contribution in [2.24, 2.45) is 5.92 Å². The first kappa shape index (κ1) is 16.4. The summed E-state index contributed by atoms with van der Waals surface area (Å²) in [6.45, 7) is 6.85. The Hall–Kier alpha value is 0.353. The van der Waals surface area contributed by atoms with Crippen LogP contribution in [0.2, 0.25) is 3.12 Å². The molecule has 3 heteroatoms. The summed E-state index contributed by atoms with van der Waals surface area (Å²) < 4.78 is 0.532. The minimum atomic E-state index is -0.659. The SMILES string of the molecule is CCC(CCCCC(=O)O)[C]([Zr])(CC)CC. The fraction of sp³-hybridized carbons (Fsp3) is 0.923. The molecule has 1 N–H and O–H groups in total. The van der Waals surface area contributed by atoms with Crippen molar-refractivity contribution in [3.63, 3.8) is 0 Å². The molecule has 0 rings (SSSR count). The minimum absolute atomic E-state index is 0.332. The number of rotatable bonds is 9. The van der Waals surface area contributed by atoms with E-state index in [0.29, 0.717) is 9.54 Å². The average Bonchev–Trinajstić information content (AvgIpc) is 2.28. The number of hydrogen-bond acceptors (Lipinski definition) is 1. The zero-order chi connectivity index (χ0) is 12.6. The summed E-state index contributed by atoms with van der Waals surface area (Å²) in [6.07, 6.45) is 7.21. The fourth-order valence-electron chi connectivity index (χ4n) is 2.37. The van der Waals surface area contributed by atoms with Crippen molar-refractivity contribution in [1.29, 1.82) is 0 Å². The number of aliphatic carboxylic acids is 1. The molecule has 1 unspecified atom stereocenters. The van der Waals surface area contributed by atoms with Gasteiger partial charge in [0.15, 0.2) is 0 Å². The third kappa shape index (κ3) is 5.61. The first-order chi connectivity index (χ1) is 7.50. The Morgan fingerprint density at radius 3 is 2.19 bits per heavy atom. The second-order valence-electron chi connectivity index (χ2n) is 4.61. The molecule has 0 saturated heterocycles. The first-order valence-electron chi connectivity index (χ1n) is 6.46. The predicted molar refractivity (Wildman–Crippen MR) is 63.2 cm³/mol. The molecule has 0 aliphatic rings. The van der Waals surface area contributed by atoms with Crippen molar-refractivity contribution in [3.8, 4) is 0 Å². The van der Waals surface area contributed by atoms with Crippen molar-refractivity contribution in [2.75, 3.05) is 0 Å². The summed E-state index contributed by atoms with van der Waals surface area (Å²) in [6, 6.07) is 0. The molecule has 0 aromatic heterocycles. The molecule has 16 heavy (non-hydrogen) atoms. The van der Waals surface area contributed by atoms with Gasteiger partial charge < -0.3 is 0 Å². The van der Waals surface area contributed by atoms with Crippen LogP contribution in [0.3, 0.4) is 0 Å². The molecule has 1 atom stereocenters. The van der Waals surface area contributed by atoms with Crippen LogP contribution in [0, 0.1) is 5.92 Å². The standard InChI is InChI=1S/C13H25O2.Zr/c1-4-11(5-2)12(6-3)9-7-8-10-13(14)15;/h12H,4-10H2,1-3H3,(H,14,15);. The van der Waals surface area contributed by atoms with E-state index in [2.05, 4.69) is 20.8 Å². The average molecular weight is 305 g/mol. The van der Waals surface area contributed by atoms with E-state index in [1.807, 2.05) is 0 Å². The molecule has 0 fully saturated rings. The van der Waals surface area contributed by atoms with E-state index in [1.165, 1.54) is 25.7 Å². The van der Waals surface area contributed by atoms with Gasteiger partial charge in [0.1, 0.15) is 0 Å². The monoisotopic (exact) mass is 303 g/mol. The van der Waals surface area contributed by atoms with Crippen molar-refractivity contribution in [1.82, 2.24) is 0 Å². The van der Waals surface area contributed by atoms with Gasteiger partial charge in [-0.15, -0.1) is 0 Å². The first-order valence-corrected chi connectivity index (χ1v) is 7.69. The molecule has 0 radical (unpaired) electrons. The van der Waals surface area contributed by atoms with Crippen LogP contribution in [0.25, 0.3) is 0 Å². The Balaban J connectivity index is 4.04. The van der Waals surface area contributed by atoms with E-state index in [0.717, 1.165) is 18.8 Å². The van der Waals surface area contributed by atoms with E-state index in [-0.39, 0.29) is 0 Å². The van der Waals surface area contributed by atoms with Gasteiger partial charge in [-0.05, 0) is 0 Å². The molecular weight excluding hydrogens is 279 g/mol. The van der Waals surface area contributed by atoms with Crippen LogP contribution in [-0.4, -0.2) is 11.1 Å². The van der Waals surface area contributed by atoms with Crippen LogP contribution < -0.4 is 0 Å². The molecule has 0 aromatic rings. The molecule has 0 bridgehead atoms. The Morgan fingerprint density at radius 1 is 1.25 bits per heavy atom. The Bertz CT molecular complexity index is 200. The third-order valence-electron chi connectivity index (χ3n) is 3.73. The van der Waals surface area contributed by atoms with Crippen LogP contribution >= 0.6 is 0 Å². The third-order valence-corrected chi connectivity index (χ3v) is 6.47. The van der Waals surface area contributed by atoms with E-state index in [4.69, 9.17) is 5.11 Å². The number of carboxylic acids is 1. The molecular formula is C13H25O2Zr. The van der Waals surface area contributed by atoms with Gasteiger partial charge in [-0.1, -0.05) is 0 Å². The summed E-state index contributed by atoms with van der Waals surface area (Å²) in [5, 5.41) is 8.59. The van der Waals surface area contributed by atoms with Crippen molar-refractivity contribution >= 4 is 5.97 Å². The van der Waals surface area contributed by atoms with Gasteiger partial charge in [0.25, 0.3) is 0 Å². The molecule has 2 nitrogen and oxygen atoms in total. The number of carboxylic acid groups (broad SMARTS) is 1. The molecule has 0 aliphatic heterocycles. The maximum atomic E-state index is 10.4. The van der Waals surface area contributed by atoms with Gasteiger partial charge in [-0.3, -0.25) is 0 Å². The van der Waals surface area contributed by atoms with Gasteiger partial charge >= 0.3 is 115 Å². The Kier molecular flexibility index (Phi) is 8.63. The molecule has 0 spiro atoms. The zero-order valence-corrected chi connectivity index (χ0v) is 13.3. The Labute approximate surface area is 115 Å². The van der Waals surface area contributed by atoms with Crippen LogP contribution in [0.5, 0.6) is 0 Å². The Morgan fingerprint density at radius 2 is 1.81 bits per heavy atom. The molecule has 0 heterocycles. The molecule has 0 saturated carbocycles. The number of carbonyl (C=O) groups is 1. The second-order valence-corrected chi connectivity index (χ2v) is 7.06. The van der Waals surface area contributed by atoms with Crippen LogP contribution in [0.1, 0.15) is 65.7 Å². The van der Waals surface area contributed by atoms with Crippen LogP contribution in [0.15, 0.2) is 0 Å². The van der Waals surface area contributed by atoms with Crippen LogP contribution in [0.4, 0.5) is 0 Å². The summed E-state index contributed by atoms with van der Waals surface area (Å²) in [5.74, 6) is 0.127. The van der Waals surface area contributed by atoms with Crippen LogP contribution in [-0.2, 0) is 29.5 Å². The van der Waals surface area contributed by atoms with Crippen molar-refractivity contribution in [3.05, 3.63) is 0 Å². The van der Waals surface area contributed by atoms with Gasteiger partial charge in [0.2, 0.25) is 0 Å². The van der Waals surface area contributed by atoms with Gasteiger partial charge in [-0.2, -0.15) is 0 Å². The van der Waals surface area contributed by atoms with E-state index < -0.39 is 5.97 Å². The van der Waals surface area contributed by atoms with Gasteiger partial charge in [0.05, 0.1) is 0 Å². The van der Waals surface area contributed by atoms with Crippen molar-refractivity contribution in [2.45, 2.75) is 68.8 Å². The van der Waals surface area contributed by atoms with E-state index in [9.17, 15) is 4.79 Å². The molecule has 0 aromatic carbocycles. The molecule has 0 aliphatic carbocycles. The number of hydrogen-bond donors (Lipinski definition) is 1. The quantitative estimate of drug-likeness (QED) is 0.649. The molecule has 0 amide bonds. The summed E-state index contributed by atoms with van der Waals surface area (Å²) in [5.41, 5.74) is 0. The summed E-state index contributed by atoms with van der Waals surface area (Å²) in [7, 11) is 0. The summed E-state index contributed by atoms with van der Waals surface area (Å²) >= 11 is 1.65. The molecule has 93 valence electrons. The van der Waals surface area contributed by atoms with Crippen molar-refractivity contribution < 1.29 is 34.6 Å². The zero-order valence-electron chi connectivity index (χ0n) is 10.9. The topological polar surface area (TPSA) is 37.3 Å². The number of unbranched alkanes of at least 4 members (excludes halogenated alkanes) is 1. The van der Waals surface area contributed by atoms with E-state index >= 15 is 0 Å². The normalized spacial score (nSPS) is 13.6. The summed E-state index contributed by atoms with van der Waals surface area (Å²) in [4.78, 5) is 10.4.